The van der Waals surface area contributed by atoms with Crippen LogP contribution in [0.25, 0.3) is 0 Å². The molecular weight excluding hydrogens is 328 g/mol. The molecule has 1 fully saturated rings. The van der Waals surface area contributed by atoms with Gasteiger partial charge in [-0.05, 0) is 32.4 Å². The maximum atomic E-state index is 12.5. The summed E-state index contributed by atoms with van der Waals surface area (Å²) in [6, 6.07) is 7.92. The molecule has 3 rings (SSSR count). The van der Waals surface area contributed by atoms with Crippen LogP contribution >= 0.6 is 0 Å². The maximum Gasteiger partial charge on any atom is 0.408 e. The van der Waals surface area contributed by atoms with Gasteiger partial charge in [0.2, 0.25) is 0 Å². The minimum absolute atomic E-state index is 0.363. The van der Waals surface area contributed by atoms with Crippen molar-refractivity contribution in [1.82, 2.24) is 9.62 Å². The topological polar surface area (TPSA) is 84.9 Å². The van der Waals surface area contributed by atoms with Crippen molar-refractivity contribution in [1.29, 1.82) is 0 Å². The summed E-state index contributed by atoms with van der Waals surface area (Å²) in [5, 5.41) is 9.48. The Balaban J connectivity index is 1.79. The molecule has 3 atom stereocenters. The summed E-state index contributed by atoms with van der Waals surface area (Å²) in [6.45, 7) is 5.95. The van der Waals surface area contributed by atoms with Gasteiger partial charge in [-0.25, -0.2) is 4.79 Å². The van der Waals surface area contributed by atoms with E-state index in [1.807, 2.05) is 45.0 Å². The number of hydrogen-bond acceptors (Lipinski definition) is 4. The number of ether oxygens (including phenoxy) is 1. The van der Waals surface area contributed by atoms with Crippen molar-refractivity contribution in [3.63, 3.8) is 0 Å². The monoisotopic (exact) mass is 352 g/mol. The minimum atomic E-state index is -1.35. The van der Waals surface area contributed by atoms with Gasteiger partial charge < -0.3 is 14.4 Å². The molecule has 0 aromatic heterocycles. The molecule has 0 bridgehead atoms. The molecule has 0 radical (unpaired) electrons. The van der Waals surface area contributed by atoms with E-state index in [2.05, 4.69) is 4.72 Å². The third-order valence-electron chi connectivity index (χ3n) is 4.61. The zero-order valence-electron chi connectivity index (χ0n) is 14.2. The first-order valence-electron chi connectivity index (χ1n) is 8.15. The van der Waals surface area contributed by atoms with E-state index in [1.54, 1.807) is 0 Å². The van der Waals surface area contributed by atoms with Crippen LogP contribution in [0, 0.1) is 0 Å². The number of carboxylic acid groups (broad SMARTS) is 1. The van der Waals surface area contributed by atoms with E-state index >= 15 is 0 Å². The molecule has 2 aliphatic heterocycles. The number of para-hydroxylation sites is 1. The van der Waals surface area contributed by atoms with Crippen molar-refractivity contribution in [2.75, 3.05) is 6.54 Å². The van der Waals surface area contributed by atoms with E-state index in [1.165, 1.54) is 4.90 Å². The molecule has 7 heteroatoms. The van der Waals surface area contributed by atoms with Crippen LogP contribution in [0.3, 0.4) is 0 Å². The number of amides is 1. The highest BCUT2D eigenvalue weighted by Crippen LogP contribution is 2.42. The molecule has 0 aliphatic carbocycles. The third kappa shape index (κ3) is 3.34. The van der Waals surface area contributed by atoms with E-state index in [9.17, 15) is 14.5 Å². The highest BCUT2D eigenvalue weighted by atomic mass is 32.2. The first-order valence-corrected chi connectivity index (χ1v) is 9.30. The van der Waals surface area contributed by atoms with E-state index < -0.39 is 34.0 Å². The lowest BCUT2D eigenvalue weighted by Gasteiger charge is -2.43. The quantitative estimate of drug-likeness (QED) is 0.799. The molecule has 1 spiro atoms. The highest BCUT2D eigenvalue weighted by Gasteiger charge is 2.48. The highest BCUT2D eigenvalue weighted by molar-refractivity contribution is 7.90. The molecule has 132 valence electrons. The molecule has 6 nitrogen and oxygen atoms in total. The molecule has 1 aromatic rings. The Labute approximate surface area is 145 Å². The Morgan fingerprint density at radius 2 is 2.17 bits per heavy atom. The van der Waals surface area contributed by atoms with Crippen LogP contribution in [-0.2, 0) is 17.8 Å². The summed E-state index contributed by atoms with van der Waals surface area (Å²) in [6.07, 6.45) is 0.357. The van der Waals surface area contributed by atoms with Crippen LogP contribution in [-0.4, -0.2) is 43.7 Å². The zero-order chi connectivity index (χ0) is 17.5. The number of nitrogens with zero attached hydrogens (tertiary/aromatic N) is 1. The maximum absolute atomic E-state index is 12.5. The lowest BCUT2D eigenvalue weighted by Crippen LogP contribution is -2.61. The fraction of sp³-hybridized carbons (Fsp3) is 0.588. The molecule has 1 aromatic carbocycles. The summed E-state index contributed by atoms with van der Waals surface area (Å²) in [5.41, 5.74) is 0.729. The largest absolute Gasteiger partial charge is 0.598 e. The molecule has 0 saturated carbocycles. The van der Waals surface area contributed by atoms with Gasteiger partial charge in [0.25, 0.3) is 0 Å². The molecule has 2 N–H and O–H groups in total. The van der Waals surface area contributed by atoms with Gasteiger partial charge in [-0.2, -0.15) is 0 Å². The van der Waals surface area contributed by atoms with Crippen molar-refractivity contribution in [2.45, 2.75) is 56.5 Å². The van der Waals surface area contributed by atoms with Gasteiger partial charge in [-0.1, -0.05) is 18.2 Å². The number of nitrogens with one attached hydrogen (secondary N) is 1. The standard InChI is InChI=1S/C17H24N2O4S/c1-16(2,3)24(22)18-14-11-17(8-9-19(14)15(20)21)10-12-6-4-5-7-13(12)23-17/h4-7,14,18H,8-11H2,1-3H3,(H,20,21)/t14?,17?,24-/m1/s1. The Bertz CT molecular complexity index is 606. The third-order valence-corrected chi connectivity index (χ3v) is 6.21. The number of benzene rings is 1. The molecule has 1 saturated heterocycles. The van der Waals surface area contributed by atoms with E-state index in [0.717, 1.165) is 17.7 Å². The predicted octanol–water partition coefficient (Wildman–Crippen LogP) is 2.51. The predicted molar refractivity (Wildman–Crippen MR) is 92.3 cm³/mol. The van der Waals surface area contributed by atoms with Crippen LogP contribution in [0.2, 0.25) is 0 Å². The molecule has 1 amide bonds. The van der Waals surface area contributed by atoms with Gasteiger partial charge in [0.1, 0.15) is 22.3 Å². The SMILES string of the molecule is CC(C)(C)[S@@+]([O-])NC1CC2(CCN1C(=O)O)Cc1ccccc1O2. The number of rotatable bonds is 2. The fourth-order valence-corrected chi connectivity index (χ4v) is 4.11. The van der Waals surface area contributed by atoms with Crippen LogP contribution in [0.5, 0.6) is 5.75 Å². The summed E-state index contributed by atoms with van der Waals surface area (Å²) < 4.78 is 21.2. The van der Waals surface area contributed by atoms with E-state index in [4.69, 9.17) is 4.74 Å². The van der Waals surface area contributed by atoms with Crippen molar-refractivity contribution in [2.24, 2.45) is 0 Å². The van der Waals surface area contributed by atoms with Gasteiger partial charge in [0.15, 0.2) is 0 Å². The summed E-state index contributed by atoms with van der Waals surface area (Å²) in [7, 11) is 0. The molecule has 24 heavy (non-hydrogen) atoms. The van der Waals surface area contributed by atoms with Crippen LogP contribution < -0.4 is 9.46 Å². The van der Waals surface area contributed by atoms with Crippen molar-refractivity contribution in [3.8, 4) is 5.75 Å². The fourth-order valence-electron chi connectivity index (χ4n) is 3.30. The minimum Gasteiger partial charge on any atom is -0.598 e. The molecule has 2 heterocycles. The Hall–Kier alpha value is -1.44. The Morgan fingerprint density at radius 1 is 1.46 bits per heavy atom. The second-order valence-corrected chi connectivity index (χ2v) is 9.51. The molecule has 2 unspecified atom stereocenters. The van der Waals surface area contributed by atoms with E-state index in [0.29, 0.717) is 19.4 Å². The van der Waals surface area contributed by atoms with Gasteiger partial charge >= 0.3 is 6.09 Å². The lowest BCUT2D eigenvalue weighted by molar-refractivity contribution is -0.00910. The first kappa shape index (κ1) is 17.4. The normalized spacial score (nSPS) is 27.7. The Kier molecular flexibility index (Phi) is 4.44. The van der Waals surface area contributed by atoms with Gasteiger partial charge in [0.05, 0.1) is 0 Å². The van der Waals surface area contributed by atoms with Crippen molar-refractivity contribution in [3.05, 3.63) is 29.8 Å². The second-order valence-electron chi connectivity index (χ2n) is 7.51. The van der Waals surface area contributed by atoms with Crippen LogP contribution in [0.1, 0.15) is 39.2 Å². The van der Waals surface area contributed by atoms with Crippen molar-refractivity contribution < 1.29 is 19.2 Å². The smallest absolute Gasteiger partial charge is 0.408 e. The number of fused-ring (bicyclic) bond motifs is 1. The average molecular weight is 352 g/mol. The van der Waals surface area contributed by atoms with Gasteiger partial charge in [0, 0.05) is 37.2 Å². The lowest BCUT2D eigenvalue weighted by atomic mass is 9.85. The van der Waals surface area contributed by atoms with Crippen LogP contribution in [0.15, 0.2) is 24.3 Å². The number of likely N-dealkylation sites (tertiary alicyclic amines) is 1. The number of carbonyl (C=O) groups is 1. The van der Waals surface area contributed by atoms with Crippen molar-refractivity contribution >= 4 is 17.5 Å². The zero-order valence-corrected chi connectivity index (χ0v) is 15.1. The van der Waals surface area contributed by atoms with E-state index in [-0.39, 0.29) is 0 Å². The number of hydrogen-bond donors (Lipinski definition) is 2. The molecule has 2 aliphatic rings. The van der Waals surface area contributed by atoms with Crippen LogP contribution in [0.4, 0.5) is 4.79 Å². The summed E-state index contributed by atoms with van der Waals surface area (Å²) in [4.78, 5) is 12.9. The molecular formula is C17H24N2O4S. The Morgan fingerprint density at radius 3 is 2.79 bits per heavy atom. The summed E-state index contributed by atoms with van der Waals surface area (Å²) in [5.74, 6) is 0.872. The second kappa shape index (κ2) is 6.13. The average Bonchev–Trinajstić information content (AvgIpc) is 2.83. The number of piperidine rings is 1. The summed E-state index contributed by atoms with van der Waals surface area (Å²) >= 11 is -1.35. The van der Waals surface area contributed by atoms with Gasteiger partial charge in [-0.15, -0.1) is 4.72 Å². The van der Waals surface area contributed by atoms with Gasteiger partial charge in [-0.3, -0.25) is 4.90 Å². The first-order chi connectivity index (χ1) is 11.2.